The monoisotopic (exact) mass is 418 g/mol. The Morgan fingerprint density at radius 3 is 2.62 bits per heavy atom. The van der Waals surface area contributed by atoms with E-state index in [1.165, 1.54) is 12.1 Å². The van der Waals surface area contributed by atoms with Crippen LogP contribution in [-0.2, 0) is 24.2 Å². The third-order valence-electron chi connectivity index (χ3n) is 4.76. The summed E-state index contributed by atoms with van der Waals surface area (Å²) in [5.74, 6) is -0.148. The molecular formula is C19H22N4O5S. The lowest BCUT2D eigenvalue weighted by Gasteiger charge is -2.10. The normalized spacial score (nSPS) is 19.9. The van der Waals surface area contributed by atoms with Crippen LogP contribution in [0.25, 0.3) is 0 Å². The number of aromatic nitrogens is 2. The van der Waals surface area contributed by atoms with E-state index in [-0.39, 0.29) is 22.0 Å². The maximum Gasteiger partial charge on any atom is 0.279 e. The third-order valence-corrected chi connectivity index (χ3v) is 7.04. The molecule has 2 fully saturated rings. The van der Waals surface area contributed by atoms with Crippen LogP contribution in [-0.4, -0.2) is 54.8 Å². The average molecular weight is 418 g/mol. The number of benzene rings is 1. The van der Waals surface area contributed by atoms with E-state index < -0.39 is 15.7 Å². The molecule has 1 saturated carbocycles. The molecule has 10 heteroatoms. The van der Waals surface area contributed by atoms with E-state index in [0.29, 0.717) is 43.9 Å². The van der Waals surface area contributed by atoms with Crippen LogP contribution in [0.1, 0.15) is 30.5 Å². The van der Waals surface area contributed by atoms with Gasteiger partial charge in [-0.05, 0) is 31.9 Å². The lowest BCUT2D eigenvalue weighted by Crippen LogP contribution is -2.25. The minimum absolute atomic E-state index is 0.0351. The first-order valence-electron chi connectivity index (χ1n) is 9.43. The summed E-state index contributed by atoms with van der Waals surface area (Å²) in [7, 11) is -3.30. The number of nitrogens with zero attached hydrogens (tertiary/aromatic N) is 2. The molecule has 2 aliphatic rings. The highest BCUT2D eigenvalue weighted by atomic mass is 32.2. The van der Waals surface area contributed by atoms with Gasteiger partial charge in [-0.2, -0.15) is 5.10 Å². The zero-order valence-electron chi connectivity index (χ0n) is 15.9. The third kappa shape index (κ3) is 4.48. The van der Waals surface area contributed by atoms with Crippen LogP contribution in [0, 0.1) is 6.92 Å². The Morgan fingerprint density at radius 1 is 1.28 bits per heavy atom. The van der Waals surface area contributed by atoms with Gasteiger partial charge in [0.1, 0.15) is 0 Å². The molecule has 1 aliphatic carbocycles. The van der Waals surface area contributed by atoms with Gasteiger partial charge in [-0.3, -0.25) is 9.89 Å². The predicted octanol–water partition coefficient (Wildman–Crippen LogP) is 1.80. The van der Waals surface area contributed by atoms with Crippen LogP contribution in [0.3, 0.4) is 0 Å². The summed E-state index contributed by atoms with van der Waals surface area (Å²) >= 11 is 0. The number of hydrogen-bond acceptors (Lipinski definition) is 7. The zero-order valence-corrected chi connectivity index (χ0v) is 16.7. The van der Waals surface area contributed by atoms with Crippen molar-refractivity contribution < 1.29 is 22.8 Å². The number of carbonyl (C=O) groups is 1. The number of oxime groups is 1. The van der Waals surface area contributed by atoms with E-state index in [1.807, 2.05) is 6.92 Å². The van der Waals surface area contributed by atoms with Crippen molar-refractivity contribution in [2.24, 2.45) is 5.16 Å². The maximum atomic E-state index is 12.8. The van der Waals surface area contributed by atoms with Gasteiger partial charge >= 0.3 is 0 Å². The Labute approximate surface area is 168 Å². The van der Waals surface area contributed by atoms with Gasteiger partial charge in [-0.1, -0.05) is 17.3 Å². The summed E-state index contributed by atoms with van der Waals surface area (Å²) in [4.78, 5) is 18.5. The molecule has 1 saturated heterocycles. The Hall–Kier alpha value is -2.72. The van der Waals surface area contributed by atoms with Crippen molar-refractivity contribution in [3.63, 3.8) is 0 Å². The van der Waals surface area contributed by atoms with Crippen molar-refractivity contribution in [2.45, 2.75) is 42.4 Å². The minimum Gasteiger partial charge on any atom is -0.389 e. The van der Waals surface area contributed by atoms with Crippen LogP contribution in [0.2, 0.25) is 0 Å². The summed E-state index contributed by atoms with van der Waals surface area (Å²) in [5.41, 5.74) is 1.28. The molecule has 1 aliphatic heterocycles. The second-order valence-electron chi connectivity index (χ2n) is 7.19. The first kappa shape index (κ1) is 19.6. The number of hydrogen-bond donors (Lipinski definition) is 2. The number of H-pyrrole nitrogens is 1. The zero-order chi connectivity index (χ0) is 20.4. The lowest BCUT2D eigenvalue weighted by atomic mass is 10.1. The first-order valence-corrected chi connectivity index (χ1v) is 11.0. The van der Waals surface area contributed by atoms with Gasteiger partial charge in [0, 0.05) is 23.7 Å². The highest BCUT2D eigenvalue weighted by Gasteiger charge is 2.36. The summed E-state index contributed by atoms with van der Waals surface area (Å²) in [6, 6.07) is 7.83. The van der Waals surface area contributed by atoms with E-state index in [0.717, 1.165) is 5.69 Å². The molecule has 1 aromatic carbocycles. The Morgan fingerprint density at radius 2 is 2.03 bits per heavy atom. The number of aryl methyl sites for hydroxylation is 1. The lowest BCUT2D eigenvalue weighted by molar-refractivity contribution is -0.110. The number of amides is 1. The van der Waals surface area contributed by atoms with Crippen molar-refractivity contribution in [3.8, 4) is 0 Å². The SMILES string of the molecule is Cc1cc(NC(=O)C(=NO[C@@H]2CCOC2)c2ccc(S(=O)(=O)C3CC3)cc2)n[nH]1. The fourth-order valence-corrected chi connectivity index (χ4v) is 4.64. The van der Waals surface area contributed by atoms with E-state index >= 15 is 0 Å². The fraction of sp³-hybridized carbons (Fsp3) is 0.421. The number of rotatable bonds is 7. The second kappa shape index (κ2) is 7.96. The predicted molar refractivity (Wildman–Crippen MR) is 105 cm³/mol. The summed E-state index contributed by atoms with van der Waals surface area (Å²) in [6.07, 6.45) is 1.86. The van der Waals surface area contributed by atoms with Gasteiger partial charge in [0.05, 0.1) is 23.4 Å². The Kier molecular flexibility index (Phi) is 5.37. The molecule has 1 amide bonds. The van der Waals surface area contributed by atoms with Gasteiger partial charge in [0.25, 0.3) is 5.91 Å². The van der Waals surface area contributed by atoms with Crippen LogP contribution in [0.15, 0.2) is 40.4 Å². The molecule has 2 aromatic rings. The quantitative estimate of drug-likeness (QED) is 0.522. The molecule has 4 rings (SSSR count). The molecule has 1 atom stereocenters. The minimum atomic E-state index is -3.30. The molecule has 2 heterocycles. The van der Waals surface area contributed by atoms with E-state index in [2.05, 4.69) is 20.7 Å². The van der Waals surface area contributed by atoms with Gasteiger partial charge in [-0.25, -0.2) is 8.42 Å². The van der Waals surface area contributed by atoms with Crippen molar-refractivity contribution >= 4 is 27.3 Å². The van der Waals surface area contributed by atoms with E-state index in [4.69, 9.17) is 9.57 Å². The molecular weight excluding hydrogens is 396 g/mol. The molecule has 2 N–H and O–H groups in total. The maximum absolute atomic E-state index is 12.8. The van der Waals surface area contributed by atoms with Gasteiger partial charge in [0.2, 0.25) is 0 Å². The average Bonchev–Trinajstić information content (AvgIpc) is 3.31. The molecule has 0 radical (unpaired) electrons. The van der Waals surface area contributed by atoms with Crippen molar-refractivity contribution in [1.82, 2.24) is 10.2 Å². The largest absolute Gasteiger partial charge is 0.389 e. The number of ether oxygens (including phenoxy) is 1. The van der Waals surface area contributed by atoms with Crippen molar-refractivity contribution in [3.05, 3.63) is 41.6 Å². The number of sulfone groups is 1. The topological polar surface area (TPSA) is 123 Å². The number of carbonyl (C=O) groups excluding carboxylic acids is 1. The van der Waals surface area contributed by atoms with E-state index in [1.54, 1.807) is 18.2 Å². The van der Waals surface area contributed by atoms with Crippen molar-refractivity contribution in [1.29, 1.82) is 0 Å². The second-order valence-corrected chi connectivity index (χ2v) is 9.42. The van der Waals surface area contributed by atoms with Gasteiger partial charge < -0.3 is 14.9 Å². The molecule has 0 bridgehead atoms. The Bertz CT molecular complexity index is 1020. The molecule has 1 aromatic heterocycles. The number of anilines is 1. The molecule has 0 unspecified atom stereocenters. The first-order chi connectivity index (χ1) is 13.9. The van der Waals surface area contributed by atoms with Crippen LogP contribution >= 0.6 is 0 Å². The standard InChI is InChI=1S/C19H22N4O5S/c1-12-10-17(22-21-12)20-19(24)18(23-28-14-8-9-27-11-14)13-2-4-15(5-3-13)29(25,26)16-6-7-16/h2-5,10,14,16H,6-9,11H2,1H3,(H2,20,21,22,24)/t14-/m1/s1. The van der Waals surface area contributed by atoms with Crippen molar-refractivity contribution in [2.75, 3.05) is 18.5 Å². The van der Waals surface area contributed by atoms with Crippen LogP contribution in [0.4, 0.5) is 5.82 Å². The Balaban J connectivity index is 1.58. The highest BCUT2D eigenvalue weighted by Crippen LogP contribution is 2.33. The van der Waals surface area contributed by atoms with Crippen LogP contribution in [0.5, 0.6) is 0 Å². The van der Waals surface area contributed by atoms with Crippen LogP contribution < -0.4 is 5.32 Å². The molecule has 0 spiro atoms. The van der Waals surface area contributed by atoms with E-state index in [9.17, 15) is 13.2 Å². The number of aromatic amines is 1. The molecule has 154 valence electrons. The summed E-state index contributed by atoms with van der Waals surface area (Å²) in [6.45, 7) is 2.82. The fourth-order valence-electron chi connectivity index (χ4n) is 2.98. The molecule has 9 nitrogen and oxygen atoms in total. The molecule has 29 heavy (non-hydrogen) atoms. The number of nitrogens with one attached hydrogen (secondary N) is 2. The smallest absolute Gasteiger partial charge is 0.279 e. The van der Waals surface area contributed by atoms with Gasteiger partial charge in [-0.15, -0.1) is 0 Å². The highest BCUT2D eigenvalue weighted by molar-refractivity contribution is 7.92. The summed E-state index contributed by atoms with van der Waals surface area (Å²) in [5, 5.41) is 13.2. The summed E-state index contributed by atoms with van der Waals surface area (Å²) < 4.78 is 30.0. The van der Waals surface area contributed by atoms with Gasteiger partial charge in [0.15, 0.2) is 27.5 Å².